The molecule has 0 atom stereocenters. The van der Waals surface area contributed by atoms with Crippen LogP contribution in [0.2, 0.25) is 0 Å². The predicted molar refractivity (Wildman–Crippen MR) is 111 cm³/mol. The van der Waals surface area contributed by atoms with Gasteiger partial charge in [-0.3, -0.25) is 0 Å². The number of halogens is 4. The molecular formula is C21H18F4N6O. The molecule has 1 aliphatic rings. The van der Waals surface area contributed by atoms with Crippen LogP contribution in [0.25, 0.3) is 11.3 Å². The molecule has 0 aliphatic carbocycles. The van der Waals surface area contributed by atoms with Gasteiger partial charge in [0.2, 0.25) is 5.95 Å². The molecule has 4 rings (SSSR count). The largest absolute Gasteiger partial charge is 0.416 e. The van der Waals surface area contributed by atoms with Crippen molar-refractivity contribution in [1.82, 2.24) is 15.0 Å². The van der Waals surface area contributed by atoms with Crippen molar-refractivity contribution in [3.63, 3.8) is 0 Å². The number of alkyl halides is 3. The summed E-state index contributed by atoms with van der Waals surface area (Å²) < 4.78 is 58.3. The Balaban J connectivity index is 1.48. The van der Waals surface area contributed by atoms with Crippen LogP contribution in [0.15, 0.2) is 53.8 Å². The van der Waals surface area contributed by atoms with Gasteiger partial charge in [0.15, 0.2) is 11.6 Å². The fraction of sp³-hybridized carbons (Fsp3) is 0.238. The number of aromatic nitrogens is 3. The second-order valence-corrected chi connectivity index (χ2v) is 6.86. The summed E-state index contributed by atoms with van der Waals surface area (Å²) in [7, 11) is 0. The maximum atomic E-state index is 14.1. The zero-order valence-corrected chi connectivity index (χ0v) is 16.7. The quantitative estimate of drug-likeness (QED) is 0.363. The van der Waals surface area contributed by atoms with Gasteiger partial charge in [-0.2, -0.15) is 23.3 Å². The second-order valence-electron chi connectivity index (χ2n) is 6.86. The van der Waals surface area contributed by atoms with Crippen LogP contribution in [0.4, 0.5) is 29.3 Å². The van der Waals surface area contributed by atoms with E-state index in [-0.39, 0.29) is 11.8 Å². The van der Waals surface area contributed by atoms with Crippen LogP contribution < -0.4 is 10.3 Å². The molecule has 0 spiro atoms. The normalized spacial score (nSPS) is 14.7. The Hall–Kier alpha value is -3.60. The predicted octanol–water partition coefficient (Wildman–Crippen LogP) is 3.98. The van der Waals surface area contributed by atoms with Gasteiger partial charge in [-0.15, -0.1) is 0 Å². The molecule has 1 saturated heterocycles. The average molecular weight is 446 g/mol. The van der Waals surface area contributed by atoms with Crippen molar-refractivity contribution in [2.75, 3.05) is 36.6 Å². The molecule has 1 aliphatic heterocycles. The molecule has 1 N–H and O–H groups in total. The van der Waals surface area contributed by atoms with Crippen molar-refractivity contribution in [2.24, 2.45) is 5.10 Å². The van der Waals surface area contributed by atoms with E-state index < -0.39 is 17.6 Å². The third-order valence-electron chi connectivity index (χ3n) is 4.65. The molecule has 166 valence electrons. The lowest BCUT2D eigenvalue weighted by molar-refractivity contribution is -0.137. The molecule has 7 nitrogen and oxygen atoms in total. The fourth-order valence-corrected chi connectivity index (χ4v) is 3.10. The number of hydrazone groups is 1. The summed E-state index contributed by atoms with van der Waals surface area (Å²) in [4.78, 5) is 14.1. The molecule has 11 heteroatoms. The molecule has 0 unspecified atom stereocenters. The summed E-state index contributed by atoms with van der Waals surface area (Å²) in [5.74, 6) is -0.291. The minimum atomic E-state index is -4.44. The molecule has 0 saturated carbocycles. The molecule has 1 fully saturated rings. The Morgan fingerprint density at radius 1 is 1.06 bits per heavy atom. The van der Waals surface area contributed by atoms with Gasteiger partial charge < -0.3 is 9.64 Å². The van der Waals surface area contributed by atoms with E-state index in [9.17, 15) is 17.6 Å². The number of nitrogens with one attached hydrogen (secondary N) is 1. The maximum absolute atomic E-state index is 14.1. The SMILES string of the molecule is Fc1cnc(N/N=C\c2cccc(-c3cccc(C(F)(F)F)c3)n2)nc1N1CCOCC1. The van der Waals surface area contributed by atoms with E-state index in [4.69, 9.17) is 4.74 Å². The monoisotopic (exact) mass is 446 g/mol. The molecule has 1 aromatic carbocycles. The Kier molecular flexibility index (Phi) is 6.26. The number of anilines is 2. The average Bonchev–Trinajstić information content (AvgIpc) is 2.80. The first kappa shape index (κ1) is 21.6. The molecule has 0 radical (unpaired) electrons. The van der Waals surface area contributed by atoms with Gasteiger partial charge in [0.1, 0.15) is 0 Å². The lowest BCUT2D eigenvalue weighted by Crippen LogP contribution is -2.37. The number of rotatable bonds is 5. The van der Waals surface area contributed by atoms with Crippen LogP contribution in [0.3, 0.4) is 0 Å². The minimum absolute atomic E-state index is 0.0955. The lowest BCUT2D eigenvalue weighted by atomic mass is 10.1. The van der Waals surface area contributed by atoms with E-state index in [2.05, 4.69) is 25.5 Å². The maximum Gasteiger partial charge on any atom is 0.416 e. The standard InChI is InChI=1S/C21H18F4N6O/c22-17-13-26-20(29-19(17)31-7-9-32-10-8-31)30-27-12-16-5-2-6-18(28-16)14-3-1-4-15(11-14)21(23,24)25/h1-6,11-13H,7-10H2,(H,26,29,30)/b27-12-. The summed E-state index contributed by atoms with van der Waals surface area (Å²) in [5, 5.41) is 4.01. The van der Waals surface area contributed by atoms with E-state index in [0.717, 1.165) is 18.3 Å². The molecule has 0 amide bonds. The summed E-state index contributed by atoms with van der Waals surface area (Å²) in [6, 6.07) is 9.85. The number of ether oxygens (including phenoxy) is 1. The third kappa shape index (κ3) is 5.17. The number of morpholine rings is 1. The van der Waals surface area contributed by atoms with Gasteiger partial charge in [-0.1, -0.05) is 18.2 Å². The topological polar surface area (TPSA) is 75.5 Å². The van der Waals surface area contributed by atoms with E-state index in [1.54, 1.807) is 29.2 Å². The highest BCUT2D eigenvalue weighted by molar-refractivity contribution is 5.78. The van der Waals surface area contributed by atoms with Crippen molar-refractivity contribution < 1.29 is 22.3 Å². The van der Waals surface area contributed by atoms with E-state index in [1.807, 2.05) is 0 Å². The van der Waals surface area contributed by atoms with Gasteiger partial charge >= 0.3 is 6.18 Å². The fourth-order valence-electron chi connectivity index (χ4n) is 3.10. The van der Waals surface area contributed by atoms with Crippen LogP contribution in [0.5, 0.6) is 0 Å². The van der Waals surface area contributed by atoms with Crippen molar-refractivity contribution >= 4 is 18.0 Å². The Morgan fingerprint density at radius 2 is 1.84 bits per heavy atom. The highest BCUT2D eigenvalue weighted by atomic mass is 19.4. The summed E-state index contributed by atoms with van der Waals surface area (Å²) in [5.41, 5.74) is 2.98. The Morgan fingerprint density at radius 3 is 2.62 bits per heavy atom. The van der Waals surface area contributed by atoms with E-state index >= 15 is 0 Å². The van der Waals surface area contributed by atoms with Crippen molar-refractivity contribution in [3.05, 3.63) is 65.7 Å². The number of benzene rings is 1. The van der Waals surface area contributed by atoms with Crippen LogP contribution in [-0.2, 0) is 10.9 Å². The first-order chi connectivity index (χ1) is 15.4. The lowest BCUT2D eigenvalue weighted by Gasteiger charge is -2.27. The number of nitrogens with zero attached hydrogens (tertiary/aromatic N) is 5. The van der Waals surface area contributed by atoms with Crippen LogP contribution >= 0.6 is 0 Å². The first-order valence-corrected chi connectivity index (χ1v) is 9.69. The highest BCUT2D eigenvalue weighted by Crippen LogP contribution is 2.31. The van der Waals surface area contributed by atoms with Crippen molar-refractivity contribution in [3.8, 4) is 11.3 Å². The Labute approximate surface area is 180 Å². The Bertz CT molecular complexity index is 1120. The summed E-state index contributed by atoms with van der Waals surface area (Å²) in [6.45, 7) is 2.00. The molecule has 0 bridgehead atoms. The number of pyridine rings is 1. The first-order valence-electron chi connectivity index (χ1n) is 9.69. The molecule has 3 aromatic rings. The minimum Gasteiger partial charge on any atom is -0.378 e. The van der Waals surface area contributed by atoms with Gasteiger partial charge in [0.25, 0.3) is 0 Å². The van der Waals surface area contributed by atoms with E-state index in [1.165, 1.54) is 12.3 Å². The number of hydrogen-bond donors (Lipinski definition) is 1. The zero-order chi connectivity index (χ0) is 22.6. The van der Waals surface area contributed by atoms with Crippen LogP contribution in [0.1, 0.15) is 11.3 Å². The molecular weight excluding hydrogens is 428 g/mol. The molecule has 32 heavy (non-hydrogen) atoms. The third-order valence-corrected chi connectivity index (χ3v) is 4.65. The van der Waals surface area contributed by atoms with Crippen LogP contribution in [-0.4, -0.2) is 47.5 Å². The smallest absolute Gasteiger partial charge is 0.378 e. The van der Waals surface area contributed by atoms with E-state index in [0.29, 0.717) is 43.3 Å². The van der Waals surface area contributed by atoms with Crippen LogP contribution in [0, 0.1) is 5.82 Å². The zero-order valence-electron chi connectivity index (χ0n) is 16.7. The molecule has 3 heterocycles. The highest BCUT2D eigenvalue weighted by Gasteiger charge is 2.30. The van der Waals surface area contributed by atoms with Gasteiger partial charge in [0.05, 0.1) is 42.6 Å². The summed E-state index contributed by atoms with van der Waals surface area (Å²) in [6.07, 6.45) is -2.01. The van der Waals surface area contributed by atoms with Crippen molar-refractivity contribution in [2.45, 2.75) is 6.18 Å². The van der Waals surface area contributed by atoms with Gasteiger partial charge in [-0.25, -0.2) is 19.8 Å². The van der Waals surface area contributed by atoms with Gasteiger partial charge in [0, 0.05) is 18.7 Å². The molecule has 2 aromatic heterocycles. The summed E-state index contributed by atoms with van der Waals surface area (Å²) >= 11 is 0. The van der Waals surface area contributed by atoms with Gasteiger partial charge in [-0.05, 0) is 24.3 Å². The number of hydrogen-bond acceptors (Lipinski definition) is 7. The second kappa shape index (κ2) is 9.27. The van der Waals surface area contributed by atoms with Crippen molar-refractivity contribution in [1.29, 1.82) is 0 Å².